The van der Waals surface area contributed by atoms with E-state index >= 15 is 0 Å². The van der Waals surface area contributed by atoms with E-state index in [0.717, 1.165) is 5.56 Å². The van der Waals surface area contributed by atoms with E-state index in [0.29, 0.717) is 4.88 Å². The van der Waals surface area contributed by atoms with Crippen LogP contribution < -0.4 is 0 Å². The Morgan fingerprint density at radius 2 is 2.31 bits per heavy atom. The van der Waals surface area contributed by atoms with Crippen molar-refractivity contribution in [3.63, 3.8) is 0 Å². The molecule has 0 radical (unpaired) electrons. The van der Waals surface area contributed by atoms with Gasteiger partial charge in [-0.2, -0.15) is 0 Å². The van der Waals surface area contributed by atoms with E-state index < -0.39 is 5.97 Å². The van der Waals surface area contributed by atoms with Crippen molar-refractivity contribution < 1.29 is 14.7 Å². The molecule has 1 rings (SSSR count). The third-order valence-electron chi connectivity index (χ3n) is 2.02. The van der Waals surface area contributed by atoms with E-state index in [9.17, 15) is 9.59 Å². The molecule has 0 atom stereocenters. The fraction of sp³-hybridized carbons (Fsp3) is 0.273. The maximum Gasteiger partial charge on any atom is 0.323 e. The summed E-state index contributed by atoms with van der Waals surface area (Å²) >= 11 is 1.32. The highest BCUT2D eigenvalue weighted by molar-refractivity contribution is 7.12. The van der Waals surface area contributed by atoms with E-state index in [2.05, 4.69) is 6.58 Å². The molecule has 1 heterocycles. The molecular weight excluding hydrogens is 226 g/mol. The van der Waals surface area contributed by atoms with E-state index in [4.69, 9.17) is 5.11 Å². The second-order valence-electron chi connectivity index (χ2n) is 3.30. The summed E-state index contributed by atoms with van der Waals surface area (Å²) in [6.45, 7) is 5.28. The van der Waals surface area contributed by atoms with Gasteiger partial charge in [0.05, 0.1) is 4.88 Å². The van der Waals surface area contributed by atoms with E-state index in [-0.39, 0.29) is 19.0 Å². The Balaban J connectivity index is 2.86. The lowest BCUT2D eigenvalue weighted by Gasteiger charge is -2.18. The Morgan fingerprint density at radius 3 is 2.75 bits per heavy atom. The number of carbonyl (C=O) groups excluding carboxylic acids is 1. The van der Waals surface area contributed by atoms with Crippen molar-refractivity contribution in [2.24, 2.45) is 0 Å². The van der Waals surface area contributed by atoms with Gasteiger partial charge < -0.3 is 10.0 Å². The van der Waals surface area contributed by atoms with Gasteiger partial charge >= 0.3 is 5.97 Å². The summed E-state index contributed by atoms with van der Waals surface area (Å²) in [7, 11) is 0. The number of carboxylic acids is 1. The third kappa shape index (κ3) is 2.93. The van der Waals surface area contributed by atoms with E-state index in [1.807, 2.05) is 18.4 Å². The summed E-state index contributed by atoms with van der Waals surface area (Å²) in [6.07, 6.45) is 1.52. The molecule has 1 aromatic heterocycles. The summed E-state index contributed by atoms with van der Waals surface area (Å²) in [5.41, 5.74) is 0.870. The zero-order valence-electron chi connectivity index (χ0n) is 8.97. The molecule has 0 aliphatic carbocycles. The van der Waals surface area contributed by atoms with Crippen LogP contribution in [0.1, 0.15) is 15.2 Å². The van der Waals surface area contributed by atoms with Crippen molar-refractivity contribution in [3.8, 4) is 0 Å². The number of nitrogens with zero attached hydrogens (tertiary/aromatic N) is 1. The molecule has 1 amide bonds. The molecule has 1 N–H and O–H groups in total. The number of carboxylic acid groups (broad SMARTS) is 1. The number of rotatable bonds is 5. The number of thiophene rings is 1. The third-order valence-corrected chi connectivity index (χ3v) is 3.02. The van der Waals surface area contributed by atoms with Crippen LogP contribution in [0.2, 0.25) is 0 Å². The molecule has 1 aromatic rings. The maximum atomic E-state index is 12.0. The molecular formula is C11H13NO3S. The SMILES string of the molecule is C=CCN(CC(=O)O)C(=O)c1sccc1C. The number of aliphatic carboxylic acids is 1. The van der Waals surface area contributed by atoms with Crippen LogP contribution in [0.4, 0.5) is 0 Å². The lowest BCUT2D eigenvalue weighted by Crippen LogP contribution is -2.35. The van der Waals surface area contributed by atoms with Gasteiger partial charge in [-0.1, -0.05) is 6.08 Å². The Labute approximate surface area is 97.8 Å². The second-order valence-corrected chi connectivity index (χ2v) is 4.22. The quantitative estimate of drug-likeness (QED) is 0.797. The zero-order valence-corrected chi connectivity index (χ0v) is 9.79. The number of hydrogen-bond donors (Lipinski definition) is 1. The monoisotopic (exact) mass is 239 g/mol. The first-order chi connectivity index (χ1) is 7.56. The van der Waals surface area contributed by atoms with Crippen LogP contribution >= 0.6 is 11.3 Å². The van der Waals surface area contributed by atoms with Gasteiger partial charge in [0, 0.05) is 6.54 Å². The molecule has 0 fully saturated rings. The summed E-state index contributed by atoms with van der Waals surface area (Å²) in [5, 5.41) is 10.5. The first-order valence-electron chi connectivity index (χ1n) is 4.72. The van der Waals surface area contributed by atoms with Gasteiger partial charge in [0.15, 0.2) is 0 Å². The number of aryl methyl sites for hydroxylation is 1. The van der Waals surface area contributed by atoms with Crippen molar-refractivity contribution in [2.75, 3.05) is 13.1 Å². The topological polar surface area (TPSA) is 57.6 Å². The minimum Gasteiger partial charge on any atom is -0.480 e. The van der Waals surface area contributed by atoms with Gasteiger partial charge in [0.1, 0.15) is 6.54 Å². The molecule has 0 saturated heterocycles. The van der Waals surface area contributed by atoms with Gasteiger partial charge in [0.2, 0.25) is 0 Å². The minimum absolute atomic E-state index is 0.239. The van der Waals surface area contributed by atoms with Crippen LogP contribution in [0.5, 0.6) is 0 Å². The zero-order chi connectivity index (χ0) is 12.1. The molecule has 4 nitrogen and oxygen atoms in total. The lowest BCUT2D eigenvalue weighted by atomic mass is 10.2. The highest BCUT2D eigenvalue weighted by atomic mass is 32.1. The summed E-state index contributed by atoms with van der Waals surface area (Å²) in [5.74, 6) is -1.28. The number of carbonyl (C=O) groups is 2. The fourth-order valence-corrected chi connectivity index (χ4v) is 2.17. The Kier molecular flexibility index (Phi) is 4.25. The molecule has 0 saturated carbocycles. The summed E-state index contributed by atoms with van der Waals surface area (Å²) < 4.78 is 0. The lowest BCUT2D eigenvalue weighted by molar-refractivity contribution is -0.137. The molecule has 0 aliphatic rings. The van der Waals surface area contributed by atoms with Crippen LogP contribution in [0, 0.1) is 6.92 Å². The summed E-state index contributed by atoms with van der Waals surface area (Å²) in [6, 6.07) is 1.84. The van der Waals surface area contributed by atoms with E-state index in [1.165, 1.54) is 22.3 Å². The number of hydrogen-bond acceptors (Lipinski definition) is 3. The molecule has 0 unspecified atom stereocenters. The first-order valence-corrected chi connectivity index (χ1v) is 5.60. The van der Waals surface area contributed by atoms with E-state index in [1.54, 1.807) is 0 Å². The van der Waals surface area contributed by atoms with Crippen molar-refractivity contribution in [1.82, 2.24) is 4.90 Å². The fourth-order valence-electron chi connectivity index (χ4n) is 1.27. The maximum absolute atomic E-state index is 12.0. The largest absolute Gasteiger partial charge is 0.480 e. The van der Waals surface area contributed by atoms with Crippen LogP contribution in [0.15, 0.2) is 24.1 Å². The van der Waals surface area contributed by atoms with Gasteiger partial charge in [-0.05, 0) is 23.9 Å². The molecule has 0 spiro atoms. The predicted molar refractivity (Wildman–Crippen MR) is 62.8 cm³/mol. The second kappa shape index (κ2) is 5.46. The predicted octanol–water partition coefficient (Wildman–Crippen LogP) is 1.77. The molecule has 0 aliphatic heterocycles. The van der Waals surface area contributed by atoms with Gasteiger partial charge in [-0.25, -0.2) is 0 Å². The normalized spacial score (nSPS) is 9.81. The number of amides is 1. The molecule has 5 heteroatoms. The average molecular weight is 239 g/mol. The van der Waals surface area contributed by atoms with Crippen LogP contribution in [0.3, 0.4) is 0 Å². The van der Waals surface area contributed by atoms with Gasteiger partial charge in [-0.15, -0.1) is 17.9 Å². The van der Waals surface area contributed by atoms with Gasteiger partial charge in [-0.3, -0.25) is 9.59 Å². The molecule has 0 aromatic carbocycles. The first kappa shape index (κ1) is 12.4. The highest BCUT2D eigenvalue weighted by Gasteiger charge is 2.19. The van der Waals surface area contributed by atoms with Crippen molar-refractivity contribution in [3.05, 3.63) is 34.5 Å². The van der Waals surface area contributed by atoms with Crippen molar-refractivity contribution in [2.45, 2.75) is 6.92 Å². The molecule has 86 valence electrons. The highest BCUT2D eigenvalue weighted by Crippen LogP contribution is 2.17. The smallest absolute Gasteiger partial charge is 0.323 e. The average Bonchev–Trinajstić information content (AvgIpc) is 2.62. The molecule has 0 bridgehead atoms. The van der Waals surface area contributed by atoms with Crippen molar-refractivity contribution >= 4 is 23.2 Å². The van der Waals surface area contributed by atoms with Crippen molar-refractivity contribution in [1.29, 1.82) is 0 Å². The van der Waals surface area contributed by atoms with Crippen LogP contribution in [-0.2, 0) is 4.79 Å². The van der Waals surface area contributed by atoms with Crippen LogP contribution in [0.25, 0.3) is 0 Å². The molecule has 16 heavy (non-hydrogen) atoms. The Hall–Kier alpha value is -1.62. The van der Waals surface area contributed by atoms with Gasteiger partial charge in [0.25, 0.3) is 5.91 Å². The van der Waals surface area contributed by atoms with Crippen LogP contribution in [-0.4, -0.2) is 35.0 Å². The standard InChI is InChI=1S/C11H13NO3S/c1-3-5-12(7-9(13)14)11(15)10-8(2)4-6-16-10/h3-4,6H,1,5,7H2,2H3,(H,13,14). The Bertz CT molecular complexity index is 411. The Morgan fingerprint density at radius 1 is 1.62 bits per heavy atom. The minimum atomic E-state index is -1.02. The summed E-state index contributed by atoms with van der Waals surface area (Å²) in [4.78, 5) is 24.4.